The summed E-state index contributed by atoms with van der Waals surface area (Å²) in [7, 11) is 0. The number of carbonyl (C=O) groups is 1. The number of urea groups is 1. The first kappa shape index (κ1) is 10.7. The van der Waals surface area contributed by atoms with E-state index in [2.05, 4.69) is 10.6 Å². The van der Waals surface area contributed by atoms with E-state index in [9.17, 15) is 4.79 Å². The molecule has 1 unspecified atom stereocenters. The fourth-order valence-corrected chi connectivity index (χ4v) is 2.51. The van der Waals surface area contributed by atoms with Gasteiger partial charge in [-0.05, 0) is 25.0 Å². The molecule has 0 spiro atoms. The molecule has 1 saturated heterocycles. The second-order valence-corrected chi connectivity index (χ2v) is 4.68. The number of hydrogen-bond donors (Lipinski definition) is 2. The minimum atomic E-state index is -0.0191. The third-order valence-electron chi connectivity index (χ3n) is 2.05. The summed E-state index contributed by atoms with van der Waals surface area (Å²) in [6, 6.07) is -0.0191. The van der Waals surface area contributed by atoms with Gasteiger partial charge >= 0.3 is 6.03 Å². The molecule has 0 radical (unpaired) electrons. The Hall–Kier alpha value is -0.380. The molecule has 0 aromatic heterocycles. The van der Waals surface area contributed by atoms with Crippen LogP contribution in [0.5, 0.6) is 0 Å². The van der Waals surface area contributed by atoms with Gasteiger partial charge in [0.1, 0.15) is 0 Å². The summed E-state index contributed by atoms with van der Waals surface area (Å²) in [4.78, 5) is 11.1. The van der Waals surface area contributed by atoms with Gasteiger partial charge in [0.25, 0.3) is 0 Å². The van der Waals surface area contributed by atoms with Gasteiger partial charge in [-0.25, -0.2) is 4.79 Å². The highest BCUT2D eigenvalue weighted by Gasteiger charge is 2.15. The van der Waals surface area contributed by atoms with Gasteiger partial charge in [-0.3, -0.25) is 0 Å². The molecular formula is C9H18N2OS. The van der Waals surface area contributed by atoms with E-state index < -0.39 is 0 Å². The Bertz CT molecular complexity index is 158. The summed E-state index contributed by atoms with van der Waals surface area (Å²) in [6.07, 6.45) is 3.54. The van der Waals surface area contributed by atoms with Crippen LogP contribution in [0.1, 0.15) is 26.2 Å². The first-order valence-corrected chi connectivity index (χ1v) is 6.01. The Labute approximate surface area is 84.0 Å². The third kappa shape index (κ3) is 4.41. The Kier molecular flexibility index (Phi) is 5.05. The van der Waals surface area contributed by atoms with Crippen molar-refractivity contribution < 1.29 is 4.79 Å². The van der Waals surface area contributed by atoms with Gasteiger partial charge in [-0.2, -0.15) is 11.8 Å². The lowest BCUT2D eigenvalue weighted by Crippen LogP contribution is -2.38. The molecular weight excluding hydrogens is 184 g/mol. The van der Waals surface area contributed by atoms with Crippen LogP contribution in [0.3, 0.4) is 0 Å². The number of rotatable bonds is 4. The molecule has 4 heteroatoms. The van der Waals surface area contributed by atoms with Crippen molar-refractivity contribution >= 4 is 17.8 Å². The van der Waals surface area contributed by atoms with Crippen molar-refractivity contribution in [2.45, 2.75) is 31.4 Å². The summed E-state index contributed by atoms with van der Waals surface area (Å²) in [5.41, 5.74) is 0. The molecule has 2 amide bonds. The normalized spacial score (nSPS) is 21.5. The lowest BCUT2D eigenvalue weighted by atomic mass is 10.2. The topological polar surface area (TPSA) is 41.1 Å². The van der Waals surface area contributed by atoms with E-state index in [0.717, 1.165) is 19.5 Å². The highest BCUT2D eigenvalue weighted by atomic mass is 32.2. The largest absolute Gasteiger partial charge is 0.338 e. The van der Waals surface area contributed by atoms with Gasteiger partial charge in [0.2, 0.25) is 0 Å². The van der Waals surface area contributed by atoms with Crippen molar-refractivity contribution in [2.75, 3.05) is 18.8 Å². The van der Waals surface area contributed by atoms with E-state index in [1.54, 1.807) is 0 Å². The lowest BCUT2D eigenvalue weighted by molar-refractivity contribution is 0.241. The first-order valence-electron chi connectivity index (χ1n) is 4.96. The summed E-state index contributed by atoms with van der Waals surface area (Å²) >= 11 is 1.97. The van der Waals surface area contributed by atoms with E-state index >= 15 is 0 Å². The average molecular weight is 202 g/mol. The Morgan fingerprint density at radius 2 is 2.38 bits per heavy atom. The second-order valence-electron chi connectivity index (χ2n) is 3.27. The molecule has 0 bridgehead atoms. The number of thioether (sulfide) groups is 1. The zero-order chi connectivity index (χ0) is 9.52. The van der Waals surface area contributed by atoms with Gasteiger partial charge in [0.15, 0.2) is 0 Å². The molecule has 1 fully saturated rings. The maximum absolute atomic E-state index is 11.1. The summed E-state index contributed by atoms with van der Waals surface area (Å²) in [5.74, 6) is 1.25. The number of amides is 2. The number of carbonyl (C=O) groups excluding carboxylic acids is 1. The van der Waals surface area contributed by atoms with Crippen LogP contribution in [0.25, 0.3) is 0 Å². The standard InChI is InChI=1S/C9H18N2OS/c1-2-5-10-9(12)11-7-8-4-3-6-13-8/h8H,2-7H2,1H3,(H2,10,11,12). The monoisotopic (exact) mass is 202 g/mol. The van der Waals surface area contributed by atoms with Crippen LogP contribution < -0.4 is 10.6 Å². The molecule has 2 N–H and O–H groups in total. The van der Waals surface area contributed by atoms with Crippen molar-refractivity contribution in [1.82, 2.24) is 10.6 Å². The number of hydrogen-bond acceptors (Lipinski definition) is 2. The van der Waals surface area contributed by atoms with E-state index in [0.29, 0.717) is 5.25 Å². The second kappa shape index (κ2) is 6.13. The minimum Gasteiger partial charge on any atom is -0.338 e. The molecule has 1 atom stereocenters. The van der Waals surface area contributed by atoms with Gasteiger partial charge in [0, 0.05) is 18.3 Å². The maximum Gasteiger partial charge on any atom is 0.314 e. The lowest BCUT2D eigenvalue weighted by Gasteiger charge is -2.10. The van der Waals surface area contributed by atoms with Gasteiger partial charge in [-0.15, -0.1) is 0 Å². The van der Waals surface area contributed by atoms with Gasteiger partial charge in [-0.1, -0.05) is 6.92 Å². The molecule has 1 rings (SSSR count). The van der Waals surface area contributed by atoms with Crippen LogP contribution in [0.15, 0.2) is 0 Å². The maximum atomic E-state index is 11.1. The zero-order valence-corrected chi connectivity index (χ0v) is 8.95. The van der Waals surface area contributed by atoms with Crippen LogP contribution >= 0.6 is 11.8 Å². The van der Waals surface area contributed by atoms with Crippen LogP contribution in [0, 0.1) is 0 Å². The first-order chi connectivity index (χ1) is 6.33. The van der Waals surface area contributed by atoms with Crippen molar-refractivity contribution in [3.8, 4) is 0 Å². The van der Waals surface area contributed by atoms with Crippen LogP contribution in [0.4, 0.5) is 4.79 Å². The minimum absolute atomic E-state index is 0.0191. The predicted octanol–water partition coefficient (Wildman–Crippen LogP) is 1.59. The van der Waals surface area contributed by atoms with Gasteiger partial charge < -0.3 is 10.6 Å². The molecule has 3 nitrogen and oxygen atoms in total. The number of nitrogens with one attached hydrogen (secondary N) is 2. The summed E-state index contributed by atoms with van der Waals surface area (Å²) in [5, 5.41) is 6.33. The molecule has 0 aromatic carbocycles. The SMILES string of the molecule is CCCNC(=O)NCC1CCCS1. The Morgan fingerprint density at radius 3 is 3.00 bits per heavy atom. The van der Waals surface area contributed by atoms with Crippen molar-refractivity contribution in [2.24, 2.45) is 0 Å². The Balaban J connectivity index is 2.00. The van der Waals surface area contributed by atoms with Crippen molar-refractivity contribution in [1.29, 1.82) is 0 Å². The van der Waals surface area contributed by atoms with Crippen molar-refractivity contribution in [3.63, 3.8) is 0 Å². The molecule has 13 heavy (non-hydrogen) atoms. The highest BCUT2D eigenvalue weighted by Crippen LogP contribution is 2.24. The average Bonchev–Trinajstić information content (AvgIpc) is 2.64. The van der Waals surface area contributed by atoms with E-state index in [-0.39, 0.29) is 6.03 Å². The third-order valence-corrected chi connectivity index (χ3v) is 3.45. The molecule has 1 aliphatic heterocycles. The predicted molar refractivity (Wildman–Crippen MR) is 57.2 cm³/mol. The molecule has 0 aliphatic carbocycles. The molecule has 0 saturated carbocycles. The quantitative estimate of drug-likeness (QED) is 0.727. The van der Waals surface area contributed by atoms with E-state index in [1.807, 2.05) is 18.7 Å². The van der Waals surface area contributed by atoms with Gasteiger partial charge in [0.05, 0.1) is 0 Å². The fourth-order valence-electron chi connectivity index (χ4n) is 1.31. The molecule has 76 valence electrons. The highest BCUT2D eigenvalue weighted by molar-refractivity contribution is 8.00. The van der Waals surface area contributed by atoms with Crippen molar-refractivity contribution in [3.05, 3.63) is 0 Å². The van der Waals surface area contributed by atoms with E-state index in [1.165, 1.54) is 18.6 Å². The Morgan fingerprint density at radius 1 is 1.54 bits per heavy atom. The van der Waals surface area contributed by atoms with Crippen LogP contribution in [-0.4, -0.2) is 30.1 Å². The molecule has 1 heterocycles. The fraction of sp³-hybridized carbons (Fsp3) is 0.889. The molecule has 1 aliphatic rings. The summed E-state index contributed by atoms with van der Waals surface area (Å²) in [6.45, 7) is 3.64. The summed E-state index contributed by atoms with van der Waals surface area (Å²) < 4.78 is 0. The smallest absolute Gasteiger partial charge is 0.314 e. The zero-order valence-electron chi connectivity index (χ0n) is 8.14. The van der Waals surface area contributed by atoms with Crippen LogP contribution in [0.2, 0.25) is 0 Å². The van der Waals surface area contributed by atoms with E-state index in [4.69, 9.17) is 0 Å². The van der Waals surface area contributed by atoms with Crippen LogP contribution in [-0.2, 0) is 0 Å². The molecule has 0 aromatic rings.